The van der Waals surface area contributed by atoms with Crippen LogP contribution in [-0.2, 0) is 28.6 Å². The van der Waals surface area contributed by atoms with E-state index >= 15 is 0 Å². The van der Waals surface area contributed by atoms with Crippen molar-refractivity contribution >= 4 is 17.9 Å². The van der Waals surface area contributed by atoms with Gasteiger partial charge in [-0.15, -0.1) is 0 Å². The van der Waals surface area contributed by atoms with Crippen LogP contribution in [-0.4, -0.2) is 37.2 Å². The predicted octanol–water partition coefficient (Wildman–Crippen LogP) is 24.2. The molecule has 0 N–H and O–H groups in total. The zero-order valence-corrected chi connectivity index (χ0v) is 53.8. The van der Waals surface area contributed by atoms with Gasteiger partial charge in [-0.25, -0.2) is 0 Å². The minimum Gasteiger partial charge on any atom is -0.462 e. The fraction of sp³-hybridized carbons (Fsp3) is 0.773. The van der Waals surface area contributed by atoms with Gasteiger partial charge in [0.1, 0.15) is 13.2 Å². The molecule has 0 aromatic rings. The second-order valence-corrected chi connectivity index (χ2v) is 23.4. The Kier molecular flexibility index (Phi) is 66.2. The van der Waals surface area contributed by atoms with Crippen molar-refractivity contribution in [3.8, 4) is 0 Å². The fourth-order valence-electron chi connectivity index (χ4n) is 10.2. The van der Waals surface area contributed by atoms with Crippen LogP contribution in [0.2, 0.25) is 0 Å². The monoisotopic (exact) mass is 1130 g/mol. The summed E-state index contributed by atoms with van der Waals surface area (Å²) >= 11 is 0. The van der Waals surface area contributed by atoms with Gasteiger partial charge < -0.3 is 14.2 Å². The standard InChI is InChI=1S/C75H132O6/c1-4-7-10-13-16-18-20-22-24-26-28-30-32-33-34-35-36-37-38-39-40-41-43-44-46-48-50-52-54-56-59-62-65-68-74(77)80-71-72(70-79-73(76)67-64-61-58-15-12-9-6-3)81-75(78)69-66-63-60-57-55-53-51-49-47-45-42-31-29-27-25-23-21-19-17-14-11-8-5-2/h8,11,17,19-20,22-23,25-26,28-29,31-33,72H,4-7,9-10,12-16,18,21,24,27,30,34-71H2,1-3H3/b11-8-,19-17-,22-20-,25-23-,28-26-,31-29-,33-32-. The Hall–Kier alpha value is -3.41. The first-order valence-electron chi connectivity index (χ1n) is 35.1. The second-order valence-electron chi connectivity index (χ2n) is 23.4. The Labute approximate surface area is 503 Å². The number of carbonyl (C=O) groups excluding carboxylic acids is 3. The lowest BCUT2D eigenvalue weighted by molar-refractivity contribution is -0.167. The van der Waals surface area contributed by atoms with Gasteiger partial charge >= 0.3 is 17.9 Å². The molecule has 0 fully saturated rings. The highest BCUT2D eigenvalue weighted by molar-refractivity contribution is 5.71. The van der Waals surface area contributed by atoms with Crippen LogP contribution in [0.15, 0.2) is 85.1 Å². The average Bonchev–Trinajstić information content (AvgIpc) is 3.46. The van der Waals surface area contributed by atoms with Gasteiger partial charge in [-0.05, 0) is 96.3 Å². The van der Waals surface area contributed by atoms with Crippen molar-refractivity contribution in [1.29, 1.82) is 0 Å². The molecule has 1 atom stereocenters. The maximum atomic E-state index is 12.9. The molecule has 468 valence electrons. The topological polar surface area (TPSA) is 78.9 Å². The number of esters is 3. The lowest BCUT2D eigenvalue weighted by atomic mass is 10.0. The average molecular weight is 1130 g/mol. The summed E-state index contributed by atoms with van der Waals surface area (Å²) in [5.41, 5.74) is 0. The highest BCUT2D eigenvalue weighted by Crippen LogP contribution is 2.18. The van der Waals surface area contributed by atoms with Crippen LogP contribution in [0.25, 0.3) is 0 Å². The van der Waals surface area contributed by atoms with E-state index in [1.54, 1.807) is 0 Å². The van der Waals surface area contributed by atoms with Gasteiger partial charge in [0.2, 0.25) is 0 Å². The summed E-state index contributed by atoms with van der Waals surface area (Å²) in [5, 5.41) is 0. The molecular formula is C75H132O6. The van der Waals surface area contributed by atoms with E-state index in [0.717, 1.165) is 96.3 Å². The van der Waals surface area contributed by atoms with Crippen molar-refractivity contribution < 1.29 is 28.6 Å². The highest BCUT2D eigenvalue weighted by atomic mass is 16.6. The van der Waals surface area contributed by atoms with Gasteiger partial charge in [0, 0.05) is 19.3 Å². The number of unbranched alkanes of at least 4 members (excludes halogenated alkanes) is 39. The zero-order valence-electron chi connectivity index (χ0n) is 53.8. The maximum Gasteiger partial charge on any atom is 0.306 e. The van der Waals surface area contributed by atoms with Crippen LogP contribution in [0, 0.1) is 0 Å². The Morgan fingerprint density at radius 1 is 0.259 bits per heavy atom. The molecule has 0 saturated heterocycles. The molecule has 0 spiro atoms. The third kappa shape index (κ3) is 67.3. The third-order valence-corrected chi connectivity index (χ3v) is 15.4. The molecule has 0 aliphatic heterocycles. The van der Waals surface area contributed by atoms with Gasteiger partial charge in [0.05, 0.1) is 0 Å². The quantitative estimate of drug-likeness (QED) is 0.0261. The Morgan fingerprint density at radius 2 is 0.481 bits per heavy atom. The van der Waals surface area contributed by atoms with Gasteiger partial charge in [-0.2, -0.15) is 0 Å². The first kappa shape index (κ1) is 77.6. The molecule has 0 rings (SSSR count). The van der Waals surface area contributed by atoms with E-state index in [9.17, 15) is 14.4 Å². The normalized spacial score (nSPS) is 12.6. The third-order valence-electron chi connectivity index (χ3n) is 15.4. The zero-order chi connectivity index (χ0) is 58.5. The molecule has 0 aromatic carbocycles. The molecule has 0 aromatic heterocycles. The summed E-state index contributed by atoms with van der Waals surface area (Å²) in [6.07, 6.45) is 92.1. The lowest BCUT2D eigenvalue weighted by Crippen LogP contribution is -2.30. The molecule has 81 heavy (non-hydrogen) atoms. The molecule has 0 saturated carbocycles. The Morgan fingerprint density at radius 3 is 0.753 bits per heavy atom. The molecule has 6 heteroatoms. The highest BCUT2D eigenvalue weighted by Gasteiger charge is 2.19. The number of hydrogen-bond acceptors (Lipinski definition) is 6. The lowest BCUT2D eigenvalue weighted by Gasteiger charge is -2.18. The first-order valence-corrected chi connectivity index (χ1v) is 35.1. The van der Waals surface area contributed by atoms with Gasteiger partial charge in [0.25, 0.3) is 0 Å². The van der Waals surface area contributed by atoms with E-state index in [1.807, 2.05) is 0 Å². The van der Waals surface area contributed by atoms with Crippen LogP contribution in [0.1, 0.15) is 355 Å². The van der Waals surface area contributed by atoms with Crippen LogP contribution < -0.4 is 0 Å². The summed E-state index contributed by atoms with van der Waals surface area (Å²) in [4.78, 5) is 38.2. The molecule has 0 radical (unpaired) electrons. The largest absolute Gasteiger partial charge is 0.462 e. The maximum absolute atomic E-state index is 12.9. The first-order chi connectivity index (χ1) is 40.0. The Balaban J connectivity index is 4.03. The fourth-order valence-corrected chi connectivity index (χ4v) is 10.2. The minimum absolute atomic E-state index is 0.0741. The second kappa shape index (κ2) is 69.1. The summed E-state index contributed by atoms with van der Waals surface area (Å²) in [6.45, 7) is 6.51. The van der Waals surface area contributed by atoms with Crippen LogP contribution >= 0.6 is 0 Å². The van der Waals surface area contributed by atoms with E-state index in [1.165, 1.54) is 218 Å². The van der Waals surface area contributed by atoms with Crippen molar-refractivity contribution in [2.24, 2.45) is 0 Å². The van der Waals surface area contributed by atoms with Crippen LogP contribution in [0.5, 0.6) is 0 Å². The van der Waals surface area contributed by atoms with Crippen molar-refractivity contribution in [3.63, 3.8) is 0 Å². The summed E-state index contributed by atoms with van der Waals surface area (Å²) in [6, 6.07) is 0. The van der Waals surface area contributed by atoms with E-state index < -0.39 is 6.10 Å². The smallest absolute Gasteiger partial charge is 0.306 e. The summed E-state index contributed by atoms with van der Waals surface area (Å²) in [5.74, 6) is -0.869. The van der Waals surface area contributed by atoms with Crippen molar-refractivity contribution in [2.75, 3.05) is 13.2 Å². The summed E-state index contributed by atoms with van der Waals surface area (Å²) in [7, 11) is 0. The molecule has 0 heterocycles. The number of ether oxygens (including phenoxy) is 3. The molecule has 0 aliphatic carbocycles. The van der Waals surface area contributed by atoms with Gasteiger partial charge in [-0.3, -0.25) is 14.4 Å². The summed E-state index contributed by atoms with van der Waals surface area (Å²) < 4.78 is 16.9. The molecule has 0 amide bonds. The number of carbonyl (C=O) groups is 3. The van der Waals surface area contributed by atoms with E-state index in [4.69, 9.17) is 14.2 Å². The predicted molar refractivity (Wildman–Crippen MR) is 353 cm³/mol. The van der Waals surface area contributed by atoms with Crippen LogP contribution in [0.3, 0.4) is 0 Å². The minimum atomic E-state index is -0.776. The number of rotatable bonds is 64. The van der Waals surface area contributed by atoms with Gasteiger partial charge in [0.15, 0.2) is 6.10 Å². The van der Waals surface area contributed by atoms with Crippen molar-refractivity contribution in [1.82, 2.24) is 0 Å². The molecule has 0 aliphatic rings. The van der Waals surface area contributed by atoms with E-state index in [2.05, 4.69) is 106 Å². The molecule has 0 bridgehead atoms. The molecule has 1 unspecified atom stereocenters. The number of hydrogen-bond donors (Lipinski definition) is 0. The van der Waals surface area contributed by atoms with Crippen molar-refractivity contribution in [3.05, 3.63) is 85.1 Å². The SMILES string of the molecule is CC/C=C\C/C=C\C/C=C\C/C=C\CCCCCCCCCCCCC(=O)OC(COC(=O)CCCCCCCCC)COC(=O)CCCCCCCCCCCCCCCCCCCC/C=C\C/C=C\C/C=C\CCCCCCC. The van der Waals surface area contributed by atoms with Crippen molar-refractivity contribution in [2.45, 2.75) is 361 Å². The van der Waals surface area contributed by atoms with E-state index in [-0.39, 0.29) is 31.1 Å². The van der Waals surface area contributed by atoms with Crippen LogP contribution in [0.4, 0.5) is 0 Å². The number of allylic oxidation sites excluding steroid dienone is 14. The molecule has 6 nitrogen and oxygen atoms in total. The van der Waals surface area contributed by atoms with E-state index in [0.29, 0.717) is 19.3 Å². The molecular weight excluding hydrogens is 997 g/mol. The Bertz CT molecular complexity index is 1530. The van der Waals surface area contributed by atoms with Gasteiger partial charge in [-0.1, -0.05) is 324 Å².